The minimum Gasteiger partial charge on any atom is -0.309 e. The summed E-state index contributed by atoms with van der Waals surface area (Å²) < 4.78 is 21.7. The van der Waals surface area contributed by atoms with Gasteiger partial charge in [-0.25, -0.2) is 0 Å². The van der Waals surface area contributed by atoms with E-state index in [1.165, 1.54) is 6.66 Å². The Morgan fingerprint density at radius 2 is 1.79 bits per heavy atom. The van der Waals surface area contributed by atoms with Gasteiger partial charge in [0.05, 0.1) is 13.2 Å². The SMILES string of the molecule is CCOP(C)(=O)OCCCC(C)(C)C. The van der Waals surface area contributed by atoms with E-state index in [-0.39, 0.29) is 0 Å². The fraction of sp³-hybridized carbons (Fsp3) is 1.00. The fourth-order valence-electron chi connectivity index (χ4n) is 1.10. The van der Waals surface area contributed by atoms with Gasteiger partial charge in [-0.2, -0.15) is 0 Å². The lowest BCUT2D eigenvalue weighted by molar-refractivity contribution is 0.203. The van der Waals surface area contributed by atoms with Crippen molar-refractivity contribution in [1.82, 2.24) is 0 Å². The smallest absolute Gasteiger partial charge is 0.309 e. The highest BCUT2D eigenvalue weighted by Crippen LogP contribution is 2.43. The zero-order valence-corrected chi connectivity index (χ0v) is 10.9. The molecule has 86 valence electrons. The summed E-state index contributed by atoms with van der Waals surface area (Å²) in [6, 6.07) is 0. The molecule has 1 atom stereocenters. The van der Waals surface area contributed by atoms with E-state index in [0.29, 0.717) is 18.6 Å². The van der Waals surface area contributed by atoms with E-state index >= 15 is 0 Å². The fourth-order valence-corrected chi connectivity index (χ4v) is 2.11. The topological polar surface area (TPSA) is 35.5 Å². The molecule has 0 radical (unpaired) electrons. The van der Waals surface area contributed by atoms with Gasteiger partial charge in [-0.05, 0) is 25.2 Å². The van der Waals surface area contributed by atoms with Crippen molar-refractivity contribution in [2.75, 3.05) is 19.9 Å². The van der Waals surface area contributed by atoms with Crippen LogP contribution in [0, 0.1) is 5.41 Å². The van der Waals surface area contributed by atoms with Gasteiger partial charge in [0.1, 0.15) is 0 Å². The maximum atomic E-state index is 11.5. The van der Waals surface area contributed by atoms with Crippen molar-refractivity contribution in [3.63, 3.8) is 0 Å². The van der Waals surface area contributed by atoms with E-state index in [1.54, 1.807) is 0 Å². The van der Waals surface area contributed by atoms with Crippen molar-refractivity contribution in [2.45, 2.75) is 40.5 Å². The molecular formula is C10H23O3P. The molecule has 0 heterocycles. The minimum absolute atomic E-state index is 0.312. The summed E-state index contributed by atoms with van der Waals surface area (Å²) in [6.07, 6.45) is 1.99. The Bertz CT molecular complexity index is 196. The van der Waals surface area contributed by atoms with E-state index in [2.05, 4.69) is 20.8 Å². The van der Waals surface area contributed by atoms with Crippen LogP contribution in [-0.4, -0.2) is 19.9 Å². The normalized spacial score (nSPS) is 16.6. The molecule has 0 aromatic carbocycles. The lowest BCUT2D eigenvalue weighted by Crippen LogP contribution is -2.06. The molecule has 4 heteroatoms. The van der Waals surface area contributed by atoms with Gasteiger partial charge in [-0.3, -0.25) is 4.57 Å². The Balaban J connectivity index is 3.59. The molecule has 0 fully saturated rings. The first-order valence-corrected chi connectivity index (χ1v) is 7.12. The van der Waals surface area contributed by atoms with E-state index in [4.69, 9.17) is 9.05 Å². The zero-order chi connectivity index (χ0) is 11.2. The van der Waals surface area contributed by atoms with Crippen LogP contribution in [0.3, 0.4) is 0 Å². The van der Waals surface area contributed by atoms with Crippen molar-refractivity contribution in [1.29, 1.82) is 0 Å². The van der Waals surface area contributed by atoms with Crippen molar-refractivity contribution < 1.29 is 13.6 Å². The molecular weight excluding hydrogens is 199 g/mol. The van der Waals surface area contributed by atoms with Crippen molar-refractivity contribution in [3.8, 4) is 0 Å². The molecule has 0 saturated heterocycles. The Morgan fingerprint density at radius 1 is 1.21 bits per heavy atom. The predicted octanol–water partition coefficient (Wildman–Crippen LogP) is 3.69. The summed E-state index contributed by atoms with van der Waals surface area (Å²) in [6.45, 7) is 10.8. The Kier molecular flexibility index (Phi) is 5.96. The molecule has 0 aromatic rings. The Labute approximate surface area is 87.7 Å². The summed E-state index contributed by atoms with van der Waals surface area (Å²) in [4.78, 5) is 0. The molecule has 0 aliphatic carbocycles. The largest absolute Gasteiger partial charge is 0.327 e. The van der Waals surface area contributed by atoms with E-state index in [9.17, 15) is 4.57 Å². The van der Waals surface area contributed by atoms with Crippen molar-refractivity contribution in [2.24, 2.45) is 5.41 Å². The molecule has 0 bridgehead atoms. The molecule has 0 N–H and O–H groups in total. The third-order valence-electron chi connectivity index (χ3n) is 1.76. The lowest BCUT2D eigenvalue weighted by Gasteiger charge is -2.18. The van der Waals surface area contributed by atoms with Crippen LogP contribution >= 0.6 is 7.60 Å². The first-order valence-electron chi connectivity index (χ1n) is 5.13. The summed E-state index contributed by atoms with van der Waals surface area (Å²) in [5.41, 5.74) is 0.312. The molecule has 0 aliphatic heterocycles. The van der Waals surface area contributed by atoms with Gasteiger partial charge in [-0.15, -0.1) is 0 Å². The molecule has 0 aliphatic rings. The summed E-state index contributed by atoms with van der Waals surface area (Å²) in [5, 5.41) is 0. The summed E-state index contributed by atoms with van der Waals surface area (Å²) >= 11 is 0. The summed E-state index contributed by atoms with van der Waals surface area (Å²) in [7, 11) is -2.77. The number of rotatable bonds is 6. The van der Waals surface area contributed by atoms with Crippen LogP contribution in [0.1, 0.15) is 40.5 Å². The van der Waals surface area contributed by atoms with Gasteiger partial charge in [0, 0.05) is 6.66 Å². The van der Waals surface area contributed by atoms with E-state index in [0.717, 1.165) is 12.8 Å². The highest BCUT2D eigenvalue weighted by atomic mass is 31.2. The van der Waals surface area contributed by atoms with Crippen LogP contribution in [0.15, 0.2) is 0 Å². The maximum absolute atomic E-state index is 11.5. The predicted molar refractivity (Wildman–Crippen MR) is 59.8 cm³/mol. The van der Waals surface area contributed by atoms with Gasteiger partial charge in [0.2, 0.25) is 0 Å². The van der Waals surface area contributed by atoms with Crippen LogP contribution in [0.25, 0.3) is 0 Å². The van der Waals surface area contributed by atoms with Crippen LogP contribution in [0.2, 0.25) is 0 Å². The Morgan fingerprint density at radius 3 is 2.21 bits per heavy atom. The second-order valence-electron chi connectivity index (χ2n) is 4.69. The second-order valence-corrected chi connectivity index (χ2v) is 6.75. The molecule has 0 saturated carbocycles. The third kappa shape index (κ3) is 8.74. The van der Waals surface area contributed by atoms with Crippen molar-refractivity contribution in [3.05, 3.63) is 0 Å². The summed E-state index contributed by atoms with van der Waals surface area (Å²) in [5.74, 6) is 0. The van der Waals surface area contributed by atoms with Gasteiger partial charge >= 0.3 is 7.60 Å². The maximum Gasteiger partial charge on any atom is 0.327 e. The highest BCUT2D eigenvalue weighted by Gasteiger charge is 2.16. The molecule has 0 spiro atoms. The molecule has 14 heavy (non-hydrogen) atoms. The average Bonchev–Trinajstić information content (AvgIpc) is 1.96. The minimum atomic E-state index is -2.77. The lowest BCUT2D eigenvalue weighted by atomic mass is 9.91. The van der Waals surface area contributed by atoms with Crippen LogP contribution in [-0.2, 0) is 13.6 Å². The number of hydrogen-bond acceptors (Lipinski definition) is 3. The third-order valence-corrected chi connectivity index (χ3v) is 3.14. The molecule has 1 unspecified atom stereocenters. The zero-order valence-electron chi connectivity index (χ0n) is 10.0. The van der Waals surface area contributed by atoms with Crippen LogP contribution in [0.5, 0.6) is 0 Å². The standard InChI is InChI=1S/C10H23O3P/c1-6-12-14(5,11)13-9-7-8-10(2,3)4/h6-9H2,1-5H3. The molecule has 0 rings (SSSR count). The van der Waals surface area contributed by atoms with Gasteiger partial charge in [0.25, 0.3) is 0 Å². The molecule has 0 aromatic heterocycles. The van der Waals surface area contributed by atoms with E-state index in [1.807, 2.05) is 6.92 Å². The van der Waals surface area contributed by atoms with Crippen molar-refractivity contribution >= 4 is 7.60 Å². The Hall–Kier alpha value is 0.150. The average molecular weight is 222 g/mol. The number of hydrogen-bond donors (Lipinski definition) is 0. The first-order chi connectivity index (χ1) is 6.27. The van der Waals surface area contributed by atoms with Crippen LogP contribution < -0.4 is 0 Å². The van der Waals surface area contributed by atoms with E-state index < -0.39 is 7.60 Å². The van der Waals surface area contributed by atoms with Gasteiger partial charge in [0.15, 0.2) is 0 Å². The first kappa shape index (κ1) is 14.2. The monoisotopic (exact) mass is 222 g/mol. The molecule has 3 nitrogen and oxygen atoms in total. The van der Waals surface area contributed by atoms with Gasteiger partial charge in [-0.1, -0.05) is 20.8 Å². The molecule has 0 amide bonds. The van der Waals surface area contributed by atoms with Gasteiger partial charge < -0.3 is 9.05 Å². The van der Waals surface area contributed by atoms with Crippen LogP contribution in [0.4, 0.5) is 0 Å². The quantitative estimate of drug-likeness (QED) is 0.508. The highest BCUT2D eigenvalue weighted by molar-refractivity contribution is 7.52. The second kappa shape index (κ2) is 5.89.